The Kier molecular flexibility index (Phi) is 12.5. The second-order valence-corrected chi connectivity index (χ2v) is 7.25. The maximum atomic E-state index is 9.57. The van der Waals surface area contributed by atoms with Crippen molar-refractivity contribution >= 4 is 29.9 Å². The highest BCUT2D eigenvalue weighted by Crippen LogP contribution is 2.11. The van der Waals surface area contributed by atoms with Crippen LogP contribution in [0.2, 0.25) is 0 Å². The Bertz CT molecular complexity index is 560. The number of hydrogen-bond acceptors (Lipinski definition) is 4. The summed E-state index contributed by atoms with van der Waals surface area (Å²) < 4.78 is 5.82. The van der Waals surface area contributed by atoms with Crippen molar-refractivity contribution in [3.63, 3.8) is 0 Å². The Balaban J connectivity index is 0.00000392. The monoisotopic (exact) mass is 504 g/mol. The first-order chi connectivity index (χ1) is 13.1. The van der Waals surface area contributed by atoms with E-state index in [1.54, 1.807) is 0 Å². The van der Waals surface area contributed by atoms with Crippen molar-refractivity contribution in [3.05, 3.63) is 29.8 Å². The number of aliphatic hydroxyl groups is 1. The van der Waals surface area contributed by atoms with Crippen LogP contribution in [0.5, 0.6) is 5.75 Å². The van der Waals surface area contributed by atoms with Gasteiger partial charge < -0.3 is 25.0 Å². The second kappa shape index (κ2) is 14.0. The van der Waals surface area contributed by atoms with Crippen LogP contribution in [0.15, 0.2) is 29.3 Å². The molecule has 0 amide bonds. The lowest BCUT2D eigenvalue weighted by molar-refractivity contribution is 0.0824. The topological polar surface area (TPSA) is 60.3 Å². The van der Waals surface area contributed by atoms with Crippen LogP contribution in [0.1, 0.15) is 31.7 Å². The number of piperidine rings is 1. The molecule has 0 bridgehead atoms. The predicted molar refractivity (Wildman–Crippen MR) is 127 cm³/mol. The van der Waals surface area contributed by atoms with Crippen LogP contribution in [0.25, 0.3) is 0 Å². The van der Waals surface area contributed by atoms with Gasteiger partial charge in [-0.05, 0) is 51.8 Å². The van der Waals surface area contributed by atoms with Crippen molar-refractivity contribution in [1.29, 1.82) is 0 Å². The van der Waals surface area contributed by atoms with Crippen molar-refractivity contribution in [2.24, 2.45) is 4.99 Å². The van der Waals surface area contributed by atoms with E-state index in [2.05, 4.69) is 41.1 Å². The number of likely N-dealkylation sites (tertiary alicyclic amines) is 1. The summed E-state index contributed by atoms with van der Waals surface area (Å²) in [4.78, 5) is 9.29. The van der Waals surface area contributed by atoms with Crippen LogP contribution in [0, 0.1) is 6.92 Å². The largest absolute Gasteiger partial charge is 0.492 e. The lowest BCUT2D eigenvalue weighted by Gasteiger charge is -2.29. The fraction of sp³-hybridized carbons (Fsp3) is 0.667. The number of nitrogens with zero attached hydrogens (tertiary/aromatic N) is 3. The van der Waals surface area contributed by atoms with Gasteiger partial charge in [-0.2, -0.15) is 0 Å². The number of benzene rings is 1. The number of hydrogen-bond donors (Lipinski definition) is 2. The number of aryl methyl sites for hydroxylation is 1. The van der Waals surface area contributed by atoms with Crippen LogP contribution in [-0.4, -0.2) is 79.9 Å². The van der Waals surface area contributed by atoms with Gasteiger partial charge in [-0.3, -0.25) is 4.99 Å². The van der Waals surface area contributed by atoms with E-state index in [-0.39, 0.29) is 30.1 Å². The summed E-state index contributed by atoms with van der Waals surface area (Å²) in [6, 6.07) is 8.14. The molecule has 0 unspecified atom stereocenters. The van der Waals surface area contributed by atoms with Crippen molar-refractivity contribution in [3.8, 4) is 5.75 Å². The number of aliphatic hydroxyl groups excluding tert-OH is 1. The molecular weight excluding hydrogens is 467 g/mol. The summed E-state index contributed by atoms with van der Waals surface area (Å²) in [6.45, 7) is 10.3. The molecule has 1 aromatic carbocycles. The molecular formula is C21H37IN4O2. The average Bonchev–Trinajstić information content (AvgIpc) is 2.67. The van der Waals surface area contributed by atoms with Crippen LogP contribution in [0.3, 0.4) is 0 Å². The summed E-state index contributed by atoms with van der Waals surface area (Å²) in [7, 11) is 2.05. The van der Waals surface area contributed by atoms with Gasteiger partial charge in [-0.25, -0.2) is 0 Å². The molecule has 1 aliphatic rings. The molecule has 6 nitrogen and oxygen atoms in total. The van der Waals surface area contributed by atoms with E-state index >= 15 is 0 Å². The van der Waals surface area contributed by atoms with Crippen LogP contribution < -0.4 is 10.1 Å². The molecule has 1 saturated heterocycles. The molecule has 1 fully saturated rings. The number of likely N-dealkylation sites (N-methyl/N-ethyl adjacent to an activating group) is 1. The van der Waals surface area contributed by atoms with E-state index in [0.29, 0.717) is 6.61 Å². The minimum atomic E-state index is -0.101. The quantitative estimate of drug-likeness (QED) is 0.235. The lowest BCUT2D eigenvalue weighted by atomic mass is 10.1. The molecule has 0 atom stereocenters. The van der Waals surface area contributed by atoms with Crippen LogP contribution in [0.4, 0.5) is 0 Å². The number of ether oxygens (including phenoxy) is 1. The van der Waals surface area contributed by atoms with Crippen LogP contribution in [-0.2, 0) is 0 Å². The first-order valence-corrected chi connectivity index (χ1v) is 10.2. The SMILES string of the molecule is CCNC(=NCCCN1CCC(O)CC1)N(C)CCOc1ccc(C)cc1.I. The molecule has 0 aromatic heterocycles. The number of guanidine groups is 1. The number of halogens is 1. The molecule has 0 saturated carbocycles. The summed E-state index contributed by atoms with van der Waals surface area (Å²) in [5, 5.41) is 12.9. The third-order valence-corrected chi connectivity index (χ3v) is 4.86. The Morgan fingerprint density at radius 3 is 2.61 bits per heavy atom. The molecule has 0 spiro atoms. The minimum absolute atomic E-state index is 0. The molecule has 0 aliphatic carbocycles. The first kappa shape index (κ1) is 25.0. The lowest BCUT2D eigenvalue weighted by Crippen LogP contribution is -2.41. The Morgan fingerprint density at radius 2 is 1.96 bits per heavy atom. The smallest absolute Gasteiger partial charge is 0.193 e. The third kappa shape index (κ3) is 9.43. The van der Waals surface area contributed by atoms with Gasteiger partial charge in [0.15, 0.2) is 5.96 Å². The average molecular weight is 504 g/mol. The van der Waals surface area contributed by atoms with E-state index in [0.717, 1.165) is 70.2 Å². The van der Waals surface area contributed by atoms with E-state index in [1.165, 1.54) is 5.56 Å². The zero-order valence-corrected chi connectivity index (χ0v) is 19.9. The summed E-state index contributed by atoms with van der Waals surface area (Å²) in [5.74, 6) is 1.83. The number of rotatable bonds is 9. The number of aliphatic imine (C=N–C) groups is 1. The van der Waals surface area contributed by atoms with Gasteiger partial charge >= 0.3 is 0 Å². The first-order valence-electron chi connectivity index (χ1n) is 10.2. The van der Waals surface area contributed by atoms with Gasteiger partial charge in [0.05, 0.1) is 12.6 Å². The molecule has 1 heterocycles. The molecule has 160 valence electrons. The molecule has 7 heteroatoms. The van der Waals surface area contributed by atoms with E-state index in [1.807, 2.05) is 19.2 Å². The molecule has 1 aromatic rings. The Morgan fingerprint density at radius 1 is 1.29 bits per heavy atom. The van der Waals surface area contributed by atoms with Gasteiger partial charge in [0.2, 0.25) is 0 Å². The van der Waals surface area contributed by atoms with Gasteiger partial charge in [-0.15, -0.1) is 24.0 Å². The molecule has 0 radical (unpaired) electrons. The molecule has 1 aliphatic heterocycles. The van der Waals surface area contributed by atoms with Gasteiger partial charge in [0, 0.05) is 33.2 Å². The second-order valence-electron chi connectivity index (χ2n) is 7.25. The summed E-state index contributed by atoms with van der Waals surface area (Å²) in [6.07, 6.45) is 2.74. The predicted octanol–water partition coefficient (Wildman–Crippen LogP) is 2.74. The highest BCUT2D eigenvalue weighted by atomic mass is 127. The van der Waals surface area contributed by atoms with E-state index in [4.69, 9.17) is 9.73 Å². The highest BCUT2D eigenvalue weighted by Gasteiger charge is 2.16. The summed E-state index contributed by atoms with van der Waals surface area (Å²) >= 11 is 0. The Labute approximate surface area is 187 Å². The molecule has 28 heavy (non-hydrogen) atoms. The normalized spacial score (nSPS) is 15.8. The zero-order valence-electron chi connectivity index (χ0n) is 17.6. The Hall–Kier alpha value is -1.06. The standard InChI is InChI=1S/C21H36N4O2.HI/c1-4-22-21(23-12-5-13-25-14-10-19(26)11-15-25)24(3)16-17-27-20-8-6-18(2)7-9-20;/h6-9,19,26H,4-5,10-17H2,1-3H3,(H,22,23);1H. The number of nitrogens with one attached hydrogen (secondary N) is 1. The summed E-state index contributed by atoms with van der Waals surface area (Å²) in [5.41, 5.74) is 1.24. The van der Waals surface area contributed by atoms with Crippen molar-refractivity contribution in [2.45, 2.75) is 39.2 Å². The van der Waals surface area contributed by atoms with E-state index < -0.39 is 0 Å². The van der Waals surface area contributed by atoms with Crippen LogP contribution >= 0.6 is 24.0 Å². The maximum Gasteiger partial charge on any atom is 0.193 e. The highest BCUT2D eigenvalue weighted by molar-refractivity contribution is 14.0. The van der Waals surface area contributed by atoms with Gasteiger partial charge in [-0.1, -0.05) is 17.7 Å². The molecule has 2 rings (SSSR count). The van der Waals surface area contributed by atoms with Gasteiger partial charge in [0.1, 0.15) is 12.4 Å². The van der Waals surface area contributed by atoms with Gasteiger partial charge in [0.25, 0.3) is 0 Å². The maximum absolute atomic E-state index is 9.57. The van der Waals surface area contributed by atoms with Crippen molar-refractivity contribution in [2.75, 3.05) is 52.9 Å². The fourth-order valence-corrected chi connectivity index (χ4v) is 3.13. The minimum Gasteiger partial charge on any atom is -0.492 e. The zero-order chi connectivity index (χ0) is 19.5. The third-order valence-electron chi connectivity index (χ3n) is 4.86. The van der Waals surface area contributed by atoms with Crippen molar-refractivity contribution < 1.29 is 9.84 Å². The fourth-order valence-electron chi connectivity index (χ4n) is 3.13. The molecule has 2 N–H and O–H groups in total. The van der Waals surface area contributed by atoms with Crippen molar-refractivity contribution in [1.82, 2.24) is 15.1 Å². The van der Waals surface area contributed by atoms with E-state index in [9.17, 15) is 5.11 Å².